The number of carboxylic acids is 1. The number of benzene rings is 3. The Kier molecular flexibility index (Phi) is 4.48. The summed E-state index contributed by atoms with van der Waals surface area (Å²) in [7, 11) is 0. The van der Waals surface area contributed by atoms with Gasteiger partial charge >= 0.3 is 5.97 Å². The highest BCUT2D eigenvalue weighted by Crippen LogP contribution is 2.43. The molecule has 0 aliphatic heterocycles. The summed E-state index contributed by atoms with van der Waals surface area (Å²) in [6.07, 6.45) is 6.44. The van der Waals surface area contributed by atoms with Gasteiger partial charge in [-0.25, -0.2) is 4.79 Å². The molecule has 0 atom stereocenters. The first-order valence-electron chi connectivity index (χ1n) is 9.39. The second kappa shape index (κ2) is 6.97. The van der Waals surface area contributed by atoms with Crippen molar-refractivity contribution in [1.82, 2.24) is 0 Å². The molecular weight excluding hydrogens is 344 g/mol. The summed E-state index contributed by atoms with van der Waals surface area (Å²) in [5.41, 5.74) is 7.55. The van der Waals surface area contributed by atoms with Crippen molar-refractivity contribution in [2.75, 3.05) is 0 Å². The molecule has 0 bridgehead atoms. The van der Waals surface area contributed by atoms with Gasteiger partial charge in [-0.15, -0.1) is 0 Å². The van der Waals surface area contributed by atoms with Crippen molar-refractivity contribution in [3.63, 3.8) is 0 Å². The zero-order valence-electron chi connectivity index (χ0n) is 16.0. The topological polar surface area (TPSA) is 37.3 Å². The van der Waals surface area contributed by atoms with Crippen molar-refractivity contribution in [2.24, 2.45) is 0 Å². The Balaban J connectivity index is 1.67. The van der Waals surface area contributed by atoms with Crippen molar-refractivity contribution >= 4 is 23.7 Å². The Morgan fingerprint density at radius 1 is 0.857 bits per heavy atom. The van der Waals surface area contributed by atoms with E-state index in [4.69, 9.17) is 5.11 Å². The number of rotatable bonds is 4. The molecule has 0 fully saturated rings. The Morgan fingerprint density at radius 2 is 1.50 bits per heavy atom. The third kappa shape index (κ3) is 3.41. The van der Waals surface area contributed by atoms with Gasteiger partial charge in [-0.2, -0.15) is 0 Å². The first-order valence-corrected chi connectivity index (χ1v) is 9.39. The lowest BCUT2D eigenvalue weighted by Gasteiger charge is -2.17. The van der Waals surface area contributed by atoms with Crippen molar-refractivity contribution in [3.8, 4) is 0 Å². The Morgan fingerprint density at radius 3 is 2.18 bits per heavy atom. The van der Waals surface area contributed by atoms with Crippen molar-refractivity contribution in [3.05, 3.63) is 112 Å². The zero-order valence-corrected chi connectivity index (χ0v) is 16.0. The number of carbonyl (C=O) groups is 1. The van der Waals surface area contributed by atoms with Crippen LogP contribution < -0.4 is 0 Å². The van der Waals surface area contributed by atoms with Crippen molar-refractivity contribution in [2.45, 2.75) is 19.3 Å². The minimum Gasteiger partial charge on any atom is -0.478 e. The molecule has 0 spiro atoms. The molecule has 1 aliphatic carbocycles. The Hall–Kier alpha value is -3.39. The van der Waals surface area contributed by atoms with Gasteiger partial charge in [0.1, 0.15) is 0 Å². The highest BCUT2D eigenvalue weighted by Gasteiger charge is 2.30. The molecule has 1 aliphatic rings. The molecule has 0 radical (unpaired) electrons. The molecule has 0 amide bonds. The monoisotopic (exact) mass is 366 g/mol. The lowest BCUT2D eigenvalue weighted by molar-refractivity contribution is 0.0697. The second-order valence-electron chi connectivity index (χ2n) is 7.71. The van der Waals surface area contributed by atoms with E-state index < -0.39 is 5.97 Å². The summed E-state index contributed by atoms with van der Waals surface area (Å²) in [5.74, 6) is -0.906. The predicted octanol–water partition coefficient (Wildman–Crippen LogP) is 6.28. The molecule has 2 heteroatoms. The normalized spacial score (nSPS) is 14.7. The SMILES string of the molecule is CC1(C)C=C(c2ccccc2)c2cc(C=Cc3ccc(C(=O)O)cc3)ccc21. The van der Waals surface area contributed by atoms with Crippen LogP contribution in [-0.4, -0.2) is 11.1 Å². The zero-order chi connectivity index (χ0) is 19.7. The van der Waals surface area contributed by atoms with E-state index in [1.54, 1.807) is 12.1 Å². The highest BCUT2D eigenvalue weighted by molar-refractivity contribution is 5.89. The molecular formula is C26H22O2. The fraction of sp³-hybridized carbons (Fsp3) is 0.115. The molecule has 0 unspecified atom stereocenters. The largest absolute Gasteiger partial charge is 0.478 e. The van der Waals surface area contributed by atoms with Crippen LogP contribution in [0.5, 0.6) is 0 Å². The molecule has 2 nitrogen and oxygen atoms in total. The molecule has 28 heavy (non-hydrogen) atoms. The summed E-state index contributed by atoms with van der Waals surface area (Å²) in [4.78, 5) is 11.0. The van der Waals surface area contributed by atoms with E-state index in [0.717, 1.165) is 11.1 Å². The highest BCUT2D eigenvalue weighted by atomic mass is 16.4. The summed E-state index contributed by atoms with van der Waals surface area (Å²) >= 11 is 0. The molecule has 0 aromatic heterocycles. The maximum atomic E-state index is 11.0. The van der Waals surface area contributed by atoms with E-state index in [-0.39, 0.29) is 5.41 Å². The molecule has 0 heterocycles. The standard InChI is InChI=1S/C26H22O2/c1-26(2)17-23(20-6-4-3-5-7-20)22-16-19(12-15-24(22)26)9-8-18-10-13-21(14-11-18)25(27)28/h3-17H,1-2H3,(H,27,28). The van der Waals surface area contributed by atoms with Crippen molar-refractivity contribution < 1.29 is 9.90 Å². The van der Waals surface area contributed by atoms with E-state index in [2.05, 4.69) is 68.5 Å². The number of hydrogen-bond acceptors (Lipinski definition) is 1. The molecule has 3 aromatic carbocycles. The lowest BCUT2D eigenvalue weighted by Crippen LogP contribution is -2.10. The predicted molar refractivity (Wildman–Crippen MR) is 115 cm³/mol. The van der Waals surface area contributed by atoms with Crippen LogP contribution in [0.1, 0.15) is 52.0 Å². The number of carboxylic acid groups (broad SMARTS) is 1. The van der Waals surface area contributed by atoms with E-state index in [9.17, 15) is 4.79 Å². The number of aromatic carboxylic acids is 1. The van der Waals surface area contributed by atoms with Gasteiger partial charge in [0.15, 0.2) is 0 Å². The first kappa shape index (κ1) is 18.0. The van der Waals surface area contributed by atoms with Gasteiger partial charge in [0.2, 0.25) is 0 Å². The molecule has 4 rings (SSSR count). The summed E-state index contributed by atoms with van der Waals surface area (Å²) < 4.78 is 0. The minimum atomic E-state index is -0.906. The molecule has 138 valence electrons. The van der Waals surface area contributed by atoms with Crippen molar-refractivity contribution in [1.29, 1.82) is 0 Å². The molecule has 0 saturated carbocycles. The third-order valence-electron chi connectivity index (χ3n) is 5.24. The summed E-state index contributed by atoms with van der Waals surface area (Å²) in [6, 6.07) is 24.0. The van der Waals surface area contributed by atoms with Crippen LogP contribution in [0.15, 0.2) is 78.9 Å². The van der Waals surface area contributed by atoms with Gasteiger partial charge in [0.05, 0.1) is 5.56 Å². The Labute approximate surface area is 165 Å². The lowest BCUT2D eigenvalue weighted by atomic mass is 9.86. The van der Waals surface area contributed by atoms with Gasteiger partial charge in [0, 0.05) is 5.41 Å². The van der Waals surface area contributed by atoms with Gasteiger partial charge in [-0.05, 0) is 51.6 Å². The van der Waals surface area contributed by atoms with Gasteiger partial charge in [-0.3, -0.25) is 0 Å². The number of fused-ring (bicyclic) bond motifs is 1. The Bertz CT molecular complexity index is 1090. The number of hydrogen-bond donors (Lipinski definition) is 1. The summed E-state index contributed by atoms with van der Waals surface area (Å²) in [6.45, 7) is 4.50. The van der Waals surface area contributed by atoms with E-state index in [0.29, 0.717) is 5.56 Å². The average molecular weight is 366 g/mol. The van der Waals surface area contributed by atoms with Crippen LogP contribution in [0.3, 0.4) is 0 Å². The van der Waals surface area contributed by atoms with Crippen LogP contribution in [-0.2, 0) is 5.41 Å². The smallest absolute Gasteiger partial charge is 0.335 e. The van der Waals surface area contributed by atoms with Crippen LogP contribution >= 0.6 is 0 Å². The van der Waals surface area contributed by atoms with E-state index in [1.807, 2.05) is 24.3 Å². The van der Waals surface area contributed by atoms with E-state index in [1.165, 1.54) is 22.3 Å². The minimum absolute atomic E-state index is 0.00934. The quantitative estimate of drug-likeness (QED) is 0.552. The summed E-state index contributed by atoms with van der Waals surface area (Å²) in [5, 5.41) is 9.01. The molecule has 0 saturated heterocycles. The first-order chi connectivity index (χ1) is 13.4. The third-order valence-corrected chi connectivity index (χ3v) is 5.24. The maximum absolute atomic E-state index is 11.0. The maximum Gasteiger partial charge on any atom is 0.335 e. The van der Waals surface area contributed by atoms with Gasteiger partial charge in [-0.1, -0.05) is 86.7 Å². The molecule has 3 aromatic rings. The fourth-order valence-electron chi connectivity index (χ4n) is 3.75. The van der Waals surface area contributed by atoms with Crippen LogP contribution in [0.2, 0.25) is 0 Å². The van der Waals surface area contributed by atoms with E-state index >= 15 is 0 Å². The molecule has 1 N–H and O–H groups in total. The van der Waals surface area contributed by atoms with Crippen LogP contribution in [0.25, 0.3) is 17.7 Å². The van der Waals surface area contributed by atoms with Crippen LogP contribution in [0, 0.1) is 0 Å². The average Bonchev–Trinajstić information content (AvgIpc) is 2.98. The van der Waals surface area contributed by atoms with Gasteiger partial charge in [0.25, 0.3) is 0 Å². The van der Waals surface area contributed by atoms with Gasteiger partial charge < -0.3 is 5.11 Å². The second-order valence-corrected chi connectivity index (χ2v) is 7.71. The van der Waals surface area contributed by atoms with Crippen LogP contribution in [0.4, 0.5) is 0 Å². The fourth-order valence-corrected chi connectivity index (χ4v) is 3.75. The number of allylic oxidation sites excluding steroid dienone is 1.